The summed E-state index contributed by atoms with van der Waals surface area (Å²) in [5, 5.41) is 10.9. The Balaban J connectivity index is 2.64. The Hall–Kier alpha value is -1.43. The zero-order valence-electron chi connectivity index (χ0n) is 7.47. The number of nitrogens with zero attached hydrogens (tertiary/aromatic N) is 2. The molecule has 0 unspecified atom stereocenters. The van der Waals surface area contributed by atoms with Crippen LogP contribution in [0.4, 0.5) is 5.69 Å². The number of hydrogen-bond acceptors (Lipinski definition) is 5. The quantitative estimate of drug-likeness (QED) is 0.431. The Labute approximate surface area is 84.7 Å². The van der Waals surface area contributed by atoms with Gasteiger partial charge in [-0.15, -0.1) is 0 Å². The van der Waals surface area contributed by atoms with E-state index in [1.807, 2.05) is 0 Å². The molecule has 1 heterocycles. The van der Waals surface area contributed by atoms with Gasteiger partial charge in [0, 0.05) is 6.07 Å². The lowest BCUT2D eigenvalue weighted by atomic mass is 10.4. The highest BCUT2D eigenvalue weighted by Crippen LogP contribution is 2.17. The van der Waals surface area contributed by atoms with Crippen LogP contribution in [-0.2, 0) is 4.79 Å². The van der Waals surface area contributed by atoms with E-state index >= 15 is 0 Å². The molecule has 6 heteroatoms. The Morgan fingerprint density at radius 3 is 2.79 bits per heavy atom. The van der Waals surface area contributed by atoms with E-state index in [1.54, 1.807) is 0 Å². The Kier molecular flexibility index (Phi) is 3.58. The number of carbonyl (C=O) groups is 1. The number of Topliss-reactive ketones (excluding diaryl/α,β-unsaturated/α-hetero) is 1. The van der Waals surface area contributed by atoms with Crippen molar-refractivity contribution in [1.82, 2.24) is 4.98 Å². The van der Waals surface area contributed by atoms with Gasteiger partial charge in [0.2, 0.25) is 0 Å². The van der Waals surface area contributed by atoms with E-state index in [1.165, 1.54) is 37.0 Å². The van der Waals surface area contributed by atoms with Gasteiger partial charge in [0.1, 0.15) is 12.0 Å². The van der Waals surface area contributed by atoms with E-state index in [-0.39, 0.29) is 11.5 Å². The van der Waals surface area contributed by atoms with Crippen LogP contribution in [0.5, 0.6) is 0 Å². The summed E-state index contributed by atoms with van der Waals surface area (Å²) in [6.07, 6.45) is 1.18. The predicted molar refractivity (Wildman–Crippen MR) is 52.3 cm³/mol. The number of carbonyl (C=O) groups excluding carboxylic acids is 1. The largest absolute Gasteiger partial charge is 0.299 e. The molecule has 74 valence electrons. The second kappa shape index (κ2) is 4.71. The highest BCUT2D eigenvalue weighted by Gasteiger charge is 2.05. The topological polar surface area (TPSA) is 73.1 Å². The van der Waals surface area contributed by atoms with E-state index < -0.39 is 4.92 Å². The maximum Gasteiger partial charge on any atom is 0.287 e. The molecule has 0 spiro atoms. The molecule has 0 saturated heterocycles. The van der Waals surface area contributed by atoms with Gasteiger partial charge < -0.3 is 0 Å². The van der Waals surface area contributed by atoms with Crippen LogP contribution >= 0.6 is 11.8 Å². The fraction of sp³-hybridized carbons (Fsp3) is 0.250. The maximum atomic E-state index is 10.6. The van der Waals surface area contributed by atoms with E-state index in [0.29, 0.717) is 10.8 Å². The third-order valence-corrected chi connectivity index (χ3v) is 2.44. The van der Waals surface area contributed by atoms with Gasteiger partial charge in [-0.1, -0.05) is 11.8 Å². The molecule has 0 amide bonds. The highest BCUT2D eigenvalue weighted by molar-refractivity contribution is 7.99. The van der Waals surface area contributed by atoms with Crippen molar-refractivity contribution in [2.45, 2.75) is 11.9 Å². The Bertz CT molecular complexity index is 350. The first-order valence-electron chi connectivity index (χ1n) is 3.82. The van der Waals surface area contributed by atoms with Crippen LogP contribution in [0.2, 0.25) is 0 Å². The predicted octanol–water partition coefficient (Wildman–Crippen LogP) is 1.67. The summed E-state index contributed by atoms with van der Waals surface area (Å²) < 4.78 is 0. The number of hydrogen-bond donors (Lipinski definition) is 0. The molecule has 0 aliphatic heterocycles. The molecule has 0 bridgehead atoms. The van der Waals surface area contributed by atoms with Crippen LogP contribution < -0.4 is 0 Å². The summed E-state index contributed by atoms with van der Waals surface area (Å²) in [7, 11) is 0. The molecule has 0 atom stereocenters. The summed E-state index contributed by atoms with van der Waals surface area (Å²) in [5.41, 5.74) is -0.0443. The molecule has 1 aromatic rings. The van der Waals surface area contributed by atoms with Gasteiger partial charge in [0.05, 0.1) is 15.7 Å². The number of thioether (sulfide) groups is 1. The molecule has 0 aromatic carbocycles. The summed E-state index contributed by atoms with van der Waals surface area (Å²) in [5.74, 6) is 0.389. The molecule has 5 nitrogen and oxygen atoms in total. The number of aromatic nitrogens is 1. The number of pyridine rings is 1. The fourth-order valence-corrected chi connectivity index (χ4v) is 1.38. The average Bonchev–Trinajstić information content (AvgIpc) is 2.15. The standard InChI is InChI=1S/C8H8N2O3S/c1-6(11)5-14-8-3-2-7(4-9-8)10(12)13/h2-4H,5H2,1H3. The molecule has 0 N–H and O–H groups in total. The molecular formula is C8H8N2O3S. The van der Waals surface area contributed by atoms with Crippen LogP contribution in [0.25, 0.3) is 0 Å². The first kappa shape index (κ1) is 10.6. The number of nitro groups is 1. The molecule has 0 fully saturated rings. The molecule has 1 rings (SSSR count). The lowest BCUT2D eigenvalue weighted by molar-refractivity contribution is -0.385. The minimum absolute atomic E-state index is 0.0443. The second-order valence-electron chi connectivity index (χ2n) is 2.60. The van der Waals surface area contributed by atoms with E-state index in [4.69, 9.17) is 0 Å². The van der Waals surface area contributed by atoms with Crippen molar-refractivity contribution in [1.29, 1.82) is 0 Å². The number of ketones is 1. The summed E-state index contributed by atoms with van der Waals surface area (Å²) in [6, 6.07) is 2.90. The van der Waals surface area contributed by atoms with E-state index in [0.717, 1.165) is 0 Å². The maximum absolute atomic E-state index is 10.6. The zero-order valence-corrected chi connectivity index (χ0v) is 8.28. The van der Waals surface area contributed by atoms with Gasteiger partial charge in [-0.05, 0) is 13.0 Å². The Morgan fingerprint density at radius 1 is 1.64 bits per heavy atom. The normalized spacial score (nSPS) is 9.79. The first-order chi connectivity index (χ1) is 6.59. The van der Waals surface area contributed by atoms with Gasteiger partial charge in [0.15, 0.2) is 0 Å². The van der Waals surface area contributed by atoms with E-state index in [9.17, 15) is 14.9 Å². The van der Waals surface area contributed by atoms with Gasteiger partial charge in [-0.25, -0.2) is 4.98 Å². The second-order valence-corrected chi connectivity index (χ2v) is 3.60. The molecule has 1 aromatic heterocycles. The van der Waals surface area contributed by atoms with Crippen molar-refractivity contribution in [3.63, 3.8) is 0 Å². The van der Waals surface area contributed by atoms with Crippen LogP contribution in [0.15, 0.2) is 23.4 Å². The van der Waals surface area contributed by atoms with Crippen molar-refractivity contribution < 1.29 is 9.72 Å². The lowest BCUT2D eigenvalue weighted by Crippen LogP contribution is -1.94. The minimum Gasteiger partial charge on any atom is -0.299 e. The summed E-state index contributed by atoms with van der Waals surface area (Å²) in [6.45, 7) is 1.48. The monoisotopic (exact) mass is 212 g/mol. The fourth-order valence-electron chi connectivity index (χ4n) is 0.741. The third-order valence-electron chi connectivity index (χ3n) is 1.35. The number of rotatable bonds is 4. The smallest absolute Gasteiger partial charge is 0.287 e. The zero-order chi connectivity index (χ0) is 10.6. The van der Waals surface area contributed by atoms with E-state index in [2.05, 4.69) is 4.98 Å². The summed E-state index contributed by atoms with van der Waals surface area (Å²) >= 11 is 1.27. The van der Waals surface area contributed by atoms with Crippen molar-refractivity contribution in [3.8, 4) is 0 Å². The molecular weight excluding hydrogens is 204 g/mol. The first-order valence-corrected chi connectivity index (χ1v) is 4.81. The lowest BCUT2D eigenvalue weighted by Gasteiger charge is -1.96. The molecule has 0 aliphatic carbocycles. The van der Waals surface area contributed by atoms with Gasteiger partial charge in [0.25, 0.3) is 5.69 Å². The SMILES string of the molecule is CC(=O)CSc1ccc([N+](=O)[O-])cn1. The molecule has 0 saturated carbocycles. The van der Waals surface area contributed by atoms with Gasteiger partial charge >= 0.3 is 0 Å². The molecule has 0 radical (unpaired) electrons. The van der Waals surface area contributed by atoms with Crippen LogP contribution in [-0.4, -0.2) is 21.4 Å². The van der Waals surface area contributed by atoms with Crippen LogP contribution in [0.1, 0.15) is 6.92 Å². The minimum atomic E-state index is -0.508. The Morgan fingerprint density at radius 2 is 2.36 bits per heavy atom. The third kappa shape index (κ3) is 3.14. The van der Waals surface area contributed by atoms with Gasteiger partial charge in [-0.2, -0.15) is 0 Å². The summed E-state index contributed by atoms with van der Waals surface area (Å²) in [4.78, 5) is 24.3. The van der Waals surface area contributed by atoms with Crippen molar-refractivity contribution in [2.24, 2.45) is 0 Å². The van der Waals surface area contributed by atoms with Crippen molar-refractivity contribution >= 4 is 23.2 Å². The van der Waals surface area contributed by atoms with Crippen LogP contribution in [0, 0.1) is 10.1 Å². The van der Waals surface area contributed by atoms with Crippen molar-refractivity contribution in [3.05, 3.63) is 28.4 Å². The highest BCUT2D eigenvalue weighted by atomic mass is 32.2. The van der Waals surface area contributed by atoms with Crippen LogP contribution in [0.3, 0.4) is 0 Å². The van der Waals surface area contributed by atoms with Gasteiger partial charge in [-0.3, -0.25) is 14.9 Å². The molecule has 14 heavy (non-hydrogen) atoms. The average molecular weight is 212 g/mol. The van der Waals surface area contributed by atoms with Crippen molar-refractivity contribution in [2.75, 3.05) is 5.75 Å². The molecule has 0 aliphatic rings.